The summed E-state index contributed by atoms with van der Waals surface area (Å²) in [6.45, 7) is 3.30. The van der Waals surface area contributed by atoms with Crippen molar-refractivity contribution in [2.45, 2.75) is 44.2 Å². The van der Waals surface area contributed by atoms with Crippen molar-refractivity contribution in [2.75, 3.05) is 18.8 Å². The van der Waals surface area contributed by atoms with E-state index in [9.17, 15) is 8.42 Å². The van der Waals surface area contributed by atoms with Crippen LogP contribution in [0.15, 0.2) is 30.3 Å². The number of nitrogens with one attached hydrogen (secondary N) is 1. The Labute approximate surface area is 127 Å². The van der Waals surface area contributed by atoms with E-state index in [0.717, 1.165) is 18.4 Å². The number of hydrogen-bond donors (Lipinski definition) is 1. The first-order valence-electron chi connectivity index (χ1n) is 7.83. The molecule has 0 aromatic heterocycles. The van der Waals surface area contributed by atoms with Gasteiger partial charge in [-0.05, 0) is 30.7 Å². The van der Waals surface area contributed by atoms with Crippen LogP contribution in [0.1, 0.15) is 37.7 Å². The van der Waals surface area contributed by atoms with Crippen LogP contribution in [0.4, 0.5) is 0 Å². The number of fused-ring (bicyclic) bond motifs is 2. The maximum Gasteiger partial charge on any atom is 0.214 e. The Morgan fingerprint density at radius 3 is 2.67 bits per heavy atom. The normalized spacial score (nSPS) is 28.2. The third-order valence-electron chi connectivity index (χ3n) is 4.71. The zero-order valence-corrected chi connectivity index (χ0v) is 13.3. The van der Waals surface area contributed by atoms with Crippen molar-refractivity contribution < 1.29 is 8.42 Å². The predicted molar refractivity (Wildman–Crippen MR) is 84.8 cm³/mol. The minimum atomic E-state index is -3.18. The Morgan fingerprint density at radius 2 is 1.90 bits per heavy atom. The van der Waals surface area contributed by atoms with E-state index in [1.807, 2.05) is 37.3 Å². The van der Waals surface area contributed by atoms with E-state index in [0.29, 0.717) is 25.2 Å². The van der Waals surface area contributed by atoms with Crippen LogP contribution in [0.2, 0.25) is 0 Å². The van der Waals surface area contributed by atoms with E-state index < -0.39 is 10.0 Å². The summed E-state index contributed by atoms with van der Waals surface area (Å²) in [7, 11) is -3.18. The Bertz CT molecular complexity index is 573. The average Bonchev–Trinajstić information content (AvgIpc) is 2.78. The maximum atomic E-state index is 12.7. The third-order valence-corrected chi connectivity index (χ3v) is 6.75. The molecule has 2 aliphatic rings. The molecule has 0 spiro atoms. The van der Waals surface area contributed by atoms with Gasteiger partial charge in [-0.3, -0.25) is 0 Å². The van der Waals surface area contributed by atoms with E-state index >= 15 is 0 Å². The van der Waals surface area contributed by atoms with Crippen molar-refractivity contribution in [3.63, 3.8) is 0 Å². The highest BCUT2D eigenvalue weighted by Gasteiger charge is 2.34. The van der Waals surface area contributed by atoms with Crippen LogP contribution >= 0.6 is 0 Å². The molecule has 2 fully saturated rings. The molecule has 2 bridgehead atoms. The fraction of sp³-hybridized carbons (Fsp3) is 0.625. The van der Waals surface area contributed by atoms with E-state index in [4.69, 9.17) is 0 Å². The van der Waals surface area contributed by atoms with Crippen molar-refractivity contribution >= 4 is 10.0 Å². The first kappa shape index (κ1) is 15.0. The Balaban J connectivity index is 1.69. The second kappa shape index (κ2) is 6.07. The first-order valence-corrected chi connectivity index (χ1v) is 9.44. The van der Waals surface area contributed by atoms with Crippen molar-refractivity contribution in [1.82, 2.24) is 9.62 Å². The van der Waals surface area contributed by atoms with Crippen molar-refractivity contribution in [3.8, 4) is 0 Å². The van der Waals surface area contributed by atoms with Crippen LogP contribution < -0.4 is 5.32 Å². The number of benzene rings is 1. The van der Waals surface area contributed by atoms with Gasteiger partial charge in [-0.15, -0.1) is 0 Å². The lowest BCUT2D eigenvalue weighted by Gasteiger charge is -2.25. The number of sulfonamides is 1. The standard InChI is InChI=1S/C16H24N2O2S/c1-13(14-5-3-2-4-6-14)12-21(19,20)18-10-9-15-7-8-16(11-18)17-15/h2-6,13,15-17H,7-12H2,1H3. The highest BCUT2D eigenvalue weighted by molar-refractivity contribution is 7.89. The summed E-state index contributed by atoms with van der Waals surface area (Å²) >= 11 is 0. The fourth-order valence-electron chi connectivity index (χ4n) is 3.46. The second-order valence-electron chi connectivity index (χ2n) is 6.37. The Morgan fingerprint density at radius 1 is 1.19 bits per heavy atom. The van der Waals surface area contributed by atoms with Gasteiger partial charge in [0, 0.05) is 25.2 Å². The summed E-state index contributed by atoms with van der Waals surface area (Å²) < 4.78 is 27.1. The molecule has 5 heteroatoms. The van der Waals surface area contributed by atoms with Crippen molar-refractivity contribution in [3.05, 3.63) is 35.9 Å². The number of hydrogen-bond acceptors (Lipinski definition) is 3. The molecule has 3 rings (SSSR count). The van der Waals surface area contributed by atoms with E-state index in [1.54, 1.807) is 4.31 Å². The van der Waals surface area contributed by atoms with E-state index in [2.05, 4.69) is 5.32 Å². The molecule has 21 heavy (non-hydrogen) atoms. The van der Waals surface area contributed by atoms with Gasteiger partial charge in [-0.25, -0.2) is 12.7 Å². The molecule has 2 saturated heterocycles. The summed E-state index contributed by atoms with van der Waals surface area (Å²) in [6.07, 6.45) is 3.24. The molecule has 2 aliphatic heterocycles. The largest absolute Gasteiger partial charge is 0.310 e. The molecule has 0 radical (unpaired) electrons. The van der Waals surface area contributed by atoms with E-state index in [-0.39, 0.29) is 11.7 Å². The van der Waals surface area contributed by atoms with Gasteiger partial charge >= 0.3 is 0 Å². The van der Waals surface area contributed by atoms with Gasteiger partial charge in [0.15, 0.2) is 0 Å². The van der Waals surface area contributed by atoms with Crippen LogP contribution in [0.25, 0.3) is 0 Å². The molecule has 0 amide bonds. The van der Waals surface area contributed by atoms with E-state index in [1.165, 1.54) is 6.42 Å². The zero-order chi connectivity index (χ0) is 14.9. The lowest BCUT2D eigenvalue weighted by Crippen LogP contribution is -2.40. The molecule has 1 aromatic rings. The topological polar surface area (TPSA) is 49.4 Å². The molecule has 0 saturated carbocycles. The summed E-state index contributed by atoms with van der Waals surface area (Å²) in [6, 6.07) is 10.8. The third kappa shape index (κ3) is 3.47. The molecule has 1 N–H and O–H groups in total. The van der Waals surface area contributed by atoms with Gasteiger partial charge in [0.05, 0.1) is 5.75 Å². The quantitative estimate of drug-likeness (QED) is 0.925. The lowest BCUT2D eigenvalue weighted by atomic mass is 10.0. The predicted octanol–water partition coefficient (Wildman–Crippen LogP) is 1.95. The zero-order valence-electron chi connectivity index (χ0n) is 12.5. The van der Waals surface area contributed by atoms with Crippen molar-refractivity contribution in [2.24, 2.45) is 0 Å². The van der Waals surface area contributed by atoms with Gasteiger partial charge in [0.1, 0.15) is 0 Å². The molecule has 3 atom stereocenters. The number of nitrogens with zero attached hydrogens (tertiary/aromatic N) is 1. The molecule has 4 nitrogen and oxygen atoms in total. The first-order chi connectivity index (χ1) is 10.0. The summed E-state index contributed by atoms with van der Waals surface area (Å²) in [5.41, 5.74) is 1.09. The molecule has 2 heterocycles. The van der Waals surface area contributed by atoms with Gasteiger partial charge in [-0.2, -0.15) is 0 Å². The molecular formula is C16H24N2O2S. The van der Waals surface area contributed by atoms with Crippen LogP contribution in [-0.4, -0.2) is 43.6 Å². The number of rotatable bonds is 4. The molecular weight excluding hydrogens is 284 g/mol. The molecule has 0 aliphatic carbocycles. The van der Waals surface area contributed by atoms with Gasteiger partial charge in [0.2, 0.25) is 10.0 Å². The minimum Gasteiger partial charge on any atom is -0.310 e. The van der Waals surface area contributed by atoms with Gasteiger partial charge in [-0.1, -0.05) is 37.3 Å². The monoisotopic (exact) mass is 308 g/mol. The average molecular weight is 308 g/mol. The second-order valence-corrected chi connectivity index (χ2v) is 8.39. The lowest BCUT2D eigenvalue weighted by molar-refractivity contribution is 0.382. The highest BCUT2D eigenvalue weighted by atomic mass is 32.2. The SMILES string of the molecule is CC(CS(=O)(=O)N1CCC2CCC(C1)N2)c1ccccc1. The van der Waals surface area contributed by atoms with Crippen LogP contribution in [-0.2, 0) is 10.0 Å². The smallest absolute Gasteiger partial charge is 0.214 e. The maximum absolute atomic E-state index is 12.7. The van der Waals surface area contributed by atoms with Crippen molar-refractivity contribution in [1.29, 1.82) is 0 Å². The van der Waals surface area contributed by atoms with Gasteiger partial charge in [0.25, 0.3) is 0 Å². The van der Waals surface area contributed by atoms with Crippen LogP contribution in [0.5, 0.6) is 0 Å². The summed E-state index contributed by atoms with van der Waals surface area (Å²) in [5, 5.41) is 3.53. The molecule has 1 aromatic carbocycles. The minimum absolute atomic E-state index is 0.0320. The summed E-state index contributed by atoms with van der Waals surface area (Å²) in [5.74, 6) is 0.235. The van der Waals surface area contributed by atoms with Crippen LogP contribution in [0.3, 0.4) is 0 Å². The summed E-state index contributed by atoms with van der Waals surface area (Å²) in [4.78, 5) is 0. The molecule has 116 valence electrons. The Kier molecular flexibility index (Phi) is 4.33. The van der Waals surface area contributed by atoms with Gasteiger partial charge < -0.3 is 5.32 Å². The molecule has 3 unspecified atom stereocenters. The van der Waals surface area contributed by atoms with Crippen LogP contribution in [0, 0.1) is 0 Å². The fourth-order valence-corrected chi connectivity index (χ4v) is 5.29. The Hall–Kier alpha value is -0.910. The highest BCUT2D eigenvalue weighted by Crippen LogP contribution is 2.24.